The van der Waals surface area contributed by atoms with E-state index in [0.717, 1.165) is 5.56 Å². The van der Waals surface area contributed by atoms with Crippen molar-refractivity contribution < 1.29 is 9.13 Å². The van der Waals surface area contributed by atoms with Crippen LogP contribution in [0, 0.1) is 5.82 Å². The summed E-state index contributed by atoms with van der Waals surface area (Å²) in [6, 6.07) is 9.88. The van der Waals surface area contributed by atoms with Crippen LogP contribution in [0.4, 0.5) is 4.39 Å². The molecule has 114 valence electrons. The monoisotopic (exact) mass is 338 g/mol. The van der Waals surface area contributed by atoms with Gasteiger partial charge >= 0.3 is 0 Å². The second-order valence-electron chi connectivity index (χ2n) is 4.79. The van der Waals surface area contributed by atoms with Crippen LogP contribution in [0.25, 0.3) is 0 Å². The Balaban J connectivity index is 1.85. The van der Waals surface area contributed by atoms with E-state index in [1.54, 1.807) is 30.3 Å². The maximum atomic E-state index is 14.1. The topological polar surface area (TPSA) is 33.6 Å². The number of hydrogen-bond donors (Lipinski definition) is 1. The summed E-state index contributed by atoms with van der Waals surface area (Å²) in [5.41, 5.74) is 1.13. The van der Waals surface area contributed by atoms with Crippen molar-refractivity contribution in [1.82, 2.24) is 5.32 Å². The molecule has 0 amide bonds. The molecule has 3 rings (SSSR count). The molecule has 6 heteroatoms. The van der Waals surface area contributed by atoms with E-state index in [-0.39, 0.29) is 12.4 Å². The quantitative estimate of drug-likeness (QED) is 0.911. The predicted molar refractivity (Wildman–Crippen MR) is 86.6 cm³/mol. The lowest BCUT2D eigenvalue weighted by molar-refractivity contribution is 0.304. The van der Waals surface area contributed by atoms with Crippen molar-refractivity contribution in [2.45, 2.75) is 6.61 Å². The molecule has 0 saturated carbocycles. The average Bonchev–Trinajstić information content (AvgIpc) is 3.00. The zero-order valence-corrected chi connectivity index (χ0v) is 13.1. The predicted octanol–water partition coefficient (Wildman–Crippen LogP) is 4.06. The molecule has 3 nitrogen and oxygen atoms in total. The van der Waals surface area contributed by atoms with Crippen LogP contribution in [0.3, 0.4) is 0 Å². The first-order chi connectivity index (χ1) is 10.6. The Bertz CT molecular complexity index is 734. The van der Waals surface area contributed by atoms with Crippen molar-refractivity contribution >= 4 is 29.0 Å². The van der Waals surface area contributed by atoms with E-state index in [4.69, 9.17) is 27.9 Å². The minimum atomic E-state index is -0.368. The number of amidine groups is 1. The molecule has 2 aromatic carbocycles. The summed E-state index contributed by atoms with van der Waals surface area (Å²) in [7, 11) is 0. The van der Waals surface area contributed by atoms with Crippen LogP contribution >= 0.6 is 23.2 Å². The third-order valence-corrected chi connectivity index (χ3v) is 3.87. The van der Waals surface area contributed by atoms with Gasteiger partial charge in [0.15, 0.2) is 0 Å². The van der Waals surface area contributed by atoms with Gasteiger partial charge in [0.1, 0.15) is 24.0 Å². The van der Waals surface area contributed by atoms with E-state index in [9.17, 15) is 4.39 Å². The first kappa shape index (κ1) is 15.1. The molecular weight excluding hydrogens is 326 g/mol. The first-order valence-electron chi connectivity index (χ1n) is 6.79. The number of ether oxygens (including phenoxy) is 1. The second-order valence-corrected chi connectivity index (χ2v) is 5.64. The van der Waals surface area contributed by atoms with Gasteiger partial charge in [0.05, 0.1) is 12.1 Å². The van der Waals surface area contributed by atoms with Gasteiger partial charge in [-0.1, -0.05) is 35.3 Å². The Labute approximate surface area is 137 Å². The molecule has 1 aliphatic heterocycles. The standard InChI is InChI=1S/C16H13Cl2FN2O/c17-11-5-4-10(12(18)8-11)9-22-14-3-1-2-13(19)15(14)16-20-6-7-21-16/h1-5,8H,6-7,9H2,(H,20,21). The van der Waals surface area contributed by atoms with Crippen LogP contribution in [-0.4, -0.2) is 18.9 Å². The molecule has 0 spiro atoms. The normalized spacial score (nSPS) is 13.7. The lowest BCUT2D eigenvalue weighted by Gasteiger charge is -2.13. The lowest BCUT2D eigenvalue weighted by Crippen LogP contribution is -2.21. The largest absolute Gasteiger partial charge is 0.488 e. The summed E-state index contributed by atoms with van der Waals surface area (Å²) in [5, 5.41) is 4.13. The Kier molecular flexibility index (Phi) is 4.50. The summed E-state index contributed by atoms with van der Waals surface area (Å²) >= 11 is 12.0. The third kappa shape index (κ3) is 3.18. The van der Waals surface area contributed by atoms with Crippen LogP contribution in [0.2, 0.25) is 10.0 Å². The number of halogens is 3. The lowest BCUT2D eigenvalue weighted by atomic mass is 10.1. The zero-order valence-electron chi connectivity index (χ0n) is 11.6. The van der Waals surface area contributed by atoms with Crippen LogP contribution in [0.5, 0.6) is 5.75 Å². The molecule has 1 heterocycles. The first-order valence-corrected chi connectivity index (χ1v) is 7.54. The molecule has 1 N–H and O–H groups in total. The fraction of sp³-hybridized carbons (Fsp3) is 0.188. The van der Waals surface area contributed by atoms with Crippen molar-refractivity contribution in [1.29, 1.82) is 0 Å². The van der Waals surface area contributed by atoms with Crippen LogP contribution in [-0.2, 0) is 6.61 Å². The summed E-state index contributed by atoms with van der Waals surface area (Å²) in [6.45, 7) is 1.55. The SMILES string of the molecule is Fc1cccc(OCc2ccc(Cl)cc2Cl)c1C1=NCCN1. The fourth-order valence-corrected chi connectivity index (χ4v) is 2.68. The Morgan fingerprint density at radius 1 is 1.23 bits per heavy atom. The number of benzene rings is 2. The summed E-state index contributed by atoms with van der Waals surface area (Å²) in [5.74, 6) is 0.585. The van der Waals surface area contributed by atoms with Crippen LogP contribution in [0.15, 0.2) is 41.4 Å². The Morgan fingerprint density at radius 2 is 2.09 bits per heavy atom. The molecule has 0 aliphatic carbocycles. The van der Waals surface area contributed by atoms with Gasteiger partial charge in [-0.15, -0.1) is 0 Å². The van der Waals surface area contributed by atoms with Crippen molar-refractivity contribution in [2.75, 3.05) is 13.1 Å². The maximum Gasteiger partial charge on any atom is 0.137 e. The highest BCUT2D eigenvalue weighted by Gasteiger charge is 2.18. The zero-order chi connectivity index (χ0) is 15.5. The van der Waals surface area contributed by atoms with Gasteiger partial charge in [0.2, 0.25) is 0 Å². The van der Waals surface area contributed by atoms with Crippen molar-refractivity contribution in [2.24, 2.45) is 4.99 Å². The van der Waals surface area contributed by atoms with E-state index in [0.29, 0.717) is 40.3 Å². The molecule has 22 heavy (non-hydrogen) atoms. The number of rotatable bonds is 4. The Hall–Kier alpha value is -1.78. The average molecular weight is 339 g/mol. The van der Waals surface area contributed by atoms with Crippen LogP contribution < -0.4 is 10.1 Å². The summed E-state index contributed by atoms with van der Waals surface area (Å²) < 4.78 is 19.9. The second kappa shape index (κ2) is 6.55. The van der Waals surface area contributed by atoms with E-state index in [1.165, 1.54) is 6.07 Å². The highest BCUT2D eigenvalue weighted by atomic mass is 35.5. The van der Waals surface area contributed by atoms with E-state index >= 15 is 0 Å². The molecule has 0 bridgehead atoms. The van der Waals surface area contributed by atoms with Gasteiger partial charge in [-0.25, -0.2) is 4.39 Å². The molecule has 0 radical (unpaired) electrons. The molecule has 0 fully saturated rings. The molecule has 0 aromatic heterocycles. The van der Waals surface area contributed by atoms with Crippen molar-refractivity contribution in [3.63, 3.8) is 0 Å². The van der Waals surface area contributed by atoms with Gasteiger partial charge in [0, 0.05) is 22.2 Å². The highest BCUT2D eigenvalue weighted by Crippen LogP contribution is 2.26. The number of nitrogens with one attached hydrogen (secondary N) is 1. The maximum absolute atomic E-state index is 14.1. The molecule has 1 aliphatic rings. The smallest absolute Gasteiger partial charge is 0.137 e. The fourth-order valence-electron chi connectivity index (χ4n) is 2.21. The third-order valence-electron chi connectivity index (χ3n) is 3.28. The minimum absolute atomic E-state index is 0.222. The number of nitrogens with zero attached hydrogens (tertiary/aromatic N) is 1. The van der Waals surface area contributed by atoms with Crippen LogP contribution in [0.1, 0.15) is 11.1 Å². The van der Waals surface area contributed by atoms with Gasteiger partial charge in [-0.05, 0) is 24.3 Å². The molecule has 0 unspecified atom stereocenters. The van der Waals surface area contributed by atoms with Crippen molar-refractivity contribution in [3.8, 4) is 5.75 Å². The van der Waals surface area contributed by atoms with Gasteiger partial charge in [-0.3, -0.25) is 4.99 Å². The molecule has 0 saturated heterocycles. The van der Waals surface area contributed by atoms with E-state index in [2.05, 4.69) is 10.3 Å². The van der Waals surface area contributed by atoms with Crippen molar-refractivity contribution in [3.05, 3.63) is 63.4 Å². The molecule has 0 atom stereocenters. The van der Waals surface area contributed by atoms with E-state index < -0.39 is 0 Å². The summed E-state index contributed by atoms with van der Waals surface area (Å²) in [4.78, 5) is 4.25. The summed E-state index contributed by atoms with van der Waals surface area (Å²) in [6.07, 6.45) is 0. The highest BCUT2D eigenvalue weighted by molar-refractivity contribution is 6.35. The number of aliphatic imine (C=N–C) groups is 1. The van der Waals surface area contributed by atoms with Gasteiger partial charge < -0.3 is 10.1 Å². The van der Waals surface area contributed by atoms with Gasteiger partial charge in [-0.2, -0.15) is 0 Å². The number of hydrogen-bond acceptors (Lipinski definition) is 3. The molecule has 2 aromatic rings. The molecular formula is C16H13Cl2FN2O. The Morgan fingerprint density at radius 3 is 2.82 bits per heavy atom. The van der Waals surface area contributed by atoms with E-state index in [1.807, 2.05) is 0 Å². The minimum Gasteiger partial charge on any atom is -0.488 e. The van der Waals surface area contributed by atoms with Gasteiger partial charge in [0.25, 0.3) is 0 Å².